The second-order valence-corrected chi connectivity index (χ2v) is 18.0. The van der Waals surface area contributed by atoms with Gasteiger partial charge >= 0.3 is 12.2 Å². The van der Waals surface area contributed by atoms with Crippen LogP contribution in [0.15, 0.2) is 77.7 Å². The highest BCUT2D eigenvalue weighted by molar-refractivity contribution is 7.89. The average Bonchev–Trinajstić information content (AvgIpc) is 3.92. The first kappa shape index (κ1) is 41.4. The monoisotopic (exact) mass is 812 g/mol. The van der Waals surface area contributed by atoms with Crippen LogP contribution in [0.3, 0.4) is 0 Å². The molecule has 2 saturated heterocycles. The molecule has 3 aromatic carbocycles. The molecule has 302 valence electrons. The molecule has 15 heteroatoms. The molecule has 56 heavy (non-hydrogen) atoms. The fourth-order valence-electron chi connectivity index (χ4n) is 8.01. The number of amides is 3. The van der Waals surface area contributed by atoms with Crippen molar-refractivity contribution >= 4 is 45.4 Å². The van der Waals surface area contributed by atoms with E-state index in [1.54, 1.807) is 74.2 Å². The van der Waals surface area contributed by atoms with E-state index < -0.39 is 63.1 Å². The van der Waals surface area contributed by atoms with Crippen LogP contribution in [-0.4, -0.2) is 92.4 Å². The van der Waals surface area contributed by atoms with Gasteiger partial charge in [0.05, 0.1) is 17.5 Å². The van der Waals surface area contributed by atoms with E-state index in [1.807, 2.05) is 12.1 Å². The standard InChI is InChI=1S/C41H50ClFN4O8S/c1-40(2,3)55-39(50)46-25-30(47(41(26-46)21-22-41)56(51,52)31-9-6-5-7-10-31)17-18-32-33(43)11-8-12-34(32)44-37(48)36(45-38(49)53-4)35(28-19-23-54-24-20-28)27-13-15-29(42)16-14-27/h5-16,28,30,35-36H,17-26H2,1-4H3,(H,44,48)(H,45,49)/t30-,35-,36-/m0/s1. The summed E-state index contributed by atoms with van der Waals surface area (Å²) in [5, 5.41) is 6.15. The van der Waals surface area contributed by atoms with Crippen LogP contribution in [0.2, 0.25) is 5.02 Å². The minimum atomic E-state index is -4.04. The van der Waals surface area contributed by atoms with Crippen LogP contribution in [0.1, 0.15) is 69.9 Å². The predicted molar refractivity (Wildman–Crippen MR) is 209 cm³/mol. The van der Waals surface area contributed by atoms with E-state index in [2.05, 4.69) is 10.6 Å². The normalized spacial score (nSPS) is 19.8. The van der Waals surface area contributed by atoms with E-state index in [-0.39, 0.29) is 48.0 Å². The van der Waals surface area contributed by atoms with Gasteiger partial charge in [0.25, 0.3) is 0 Å². The van der Waals surface area contributed by atoms with Crippen LogP contribution >= 0.6 is 11.6 Å². The Morgan fingerprint density at radius 1 is 1.00 bits per heavy atom. The summed E-state index contributed by atoms with van der Waals surface area (Å²) in [4.78, 5) is 42.3. The number of anilines is 1. The van der Waals surface area contributed by atoms with E-state index in [9.17, 15) is 22.8 Å². The van der Waals surface area contributed by atoms with Gasteiger partial charge in [-0.05, 0) is 107 Å². The van der Waals surface area contributed by atoms with Crippen molar-refractivity contribution in [3.05, 3.63) is 94.8 Å². The first-order valence-corrected chi connectivity index (χ1v) is 20.8. The van der Waals surface area contributed by atoms with Gasteiger partial charge in [0.1, 0.15) is 17.5 Å². The van der Waals surface area contributed by atoms with Gasteiger partial charge < -0.3 is 29.7 Å². The molecule has 3 aromatic rings. The predicted octanol–water partition coefficient (Wildman–Crippen LogP) is 7.13. The van der Waals surface area contributed by atoms with E-state index in [0.717, 1.165) is 5.56 Å². The smallest absolute Gasteiger partial charge is 0.410 e. The lowest BCUT2D eigenvalue weighted by molar-refractivity contribution is -0.119. The number of benzene rings is 3. The largest absolute Gasteiger partial charge is 0.453 e. The first-order chi connectivity index (χ1) is 26.6. The summed E-state index contributed by atoms with van der Waals surface area (Å²) in [6, 6.07) is 17.7. The number of alkyl carbamates (subject to hydrolysis) is 1. The minimum absolute atomic E-state index is 0.0156. The van der Waals surface area contributed by atoms with Crippen LogP contribution < -0.4 is 10.6 Å². The molecule has 0 unspecified atom stereocenters. The van der Waals surface area contributed by atoms with Gasteiger partial charge in [0, 0.05) is 54.5 Å². The number of halogens is 2. The van der Waals surface area contributed by atoms with Gasteiger partial charge in [-0.25, -0.2) is 22.4 Å². The number of nitrogens with one attached hydrogen (secondary N) is 2. The molecule has 0 aromatic heterocycles. The maximum Gasteiger partial charge on any atom is 0.410 e. The van der Waals surface area contributed by atoms with Crippen molar-refractivity contribution < 1.29 is 41.4 Å². The third-order valence-corrected chi connectivity index (χ3v) is 13.1. The van der Waals surface area contributed by atoms with Gasteiger partial charge in [-0.3, -0.25) is 4.79 Å². The molecule has 3 amide bonds. The second kappa shape index (κ2) is 17.1. The molecule has 1 saturated carbocycles. The summed E-state index contributed by atoms with van der Waals surface area (Å²) in [7, 11) is -2.83. The van der Waals surface area contributed by atoms with Crippen LogP contribution in [0, 0.1) is 11.7 Å². The molecule has 2 N–H and O–H groups in total. The number of carbonyl (C=O) groups excluding carboxylic acids is 3. The Hall–Kier alpha value is -4.24. The average molecular weight is 813 g/mol. The maximum atomic E-state index is 15.9. The van der Waals surface area contributed by atoms with Crippen molar-refractivity contribution in [2.75, 3.05) is 38.7 Å². The van der Waals surface area contributed by atoms with Gasteiger partial charge in [-0.1, -0.05) is 48.0 Å². The third-order valence-electron chi connectivity index (χ3n) is 10.7. The summed E-state index contributed by atoms with van der Waals surface area (Å²) in [6.45, 7) is 6.48. The molecule has 3 atom stereocenters. The lowest BCUT2D eigenvalue weighted by Gasteiger charge is -2.46. The molecule has 3 fully saturated rings. The lowest BCUT2D eigenvalue weighted by atomic mass is 9.76. The molecule has 2 aliphatic heterocycles. The maximum absolute atomic E-state index is 15.9. The number of rotatable bonds is 11. The Kier molecular flexibility index (Phi) is 12.6. The van der Waals surface area contributed by atoms with Crippen molar-refractivity contribution in [3.8, 4) is 0 Å². The quantitative estimate of drug-likeness (QED) is 0.208. The second-order valence-electron chi connectivity index (χ2n) is 15.8. The van der Waals surface area contributed by atoms with Crippen LogP contribution in [0.5, 0.6) is 0 Å². The molecule has 12 nitrogen and oxygen atoms in total. The number of sulfonamides is 1. The molecular weight excluding hydrogens is 763 g/mol. The number of ether oxygens (including phenoxy) is 3. The fourth-order valence-corrected chi connectivity index (χ4v) is 10.2. The van der Waals surface area contributed by atoms with Crippen molar-refractivity contribution in [1.82, 2.24) is 14.5 Å². The Balaban J connectivity index is 1.31. The molecule has 0 radical (unpaired) electrons. The van der Waals surface area contributed by atoms with Crippen LogP contribution in [0.25, 0.3) is 0 Å². The Morgan fingerprint density at radius 2 is 1.68 bits per heavy atom. The molecule has 1 spiro atoms. The van der Waals surface area contributed by atoms with Crippen molar-refractivity contribution in [2.24, 2.45) is 5.92 Å². The van der Waals surface area contributed by atoms with E-state index >= 15 is 4.39 Å². The van der Waals surface area contributed by atoms with E-state index in [0.29, 0.717) is 43.9 Å². The van der Waals surface area contributed by atoms with Gasteiger partial charge in [-0.15, -0.1) is 0 Å². The highest BCUT2D eigenvalue weighted by atomic mass is 35.5. The van der Waals surface area contributed by atoms with Gasteiger partial charge in [-0.2, -0.15) is 4.31 Å². The Morgan fingerprint density at radius 3 is 2.30 bits per heavy atom. The molecule has 6 rings (SSSR count). The van der Waals surface area contributed by atoms with Crippen molar-refractivity contribution in [3.63, 3.8) is 0 Å². The number of hydrogen-bond acceptors (Lipinski definition) is 8. The summed E-state index contributed by atoms with van der Waals surface area (Å²) < 4.78 is 62.5. The van der Waals surface area contributed by atoms with Gasteiger partial charge in [0.15, 0.2) is 0 Å². The van der Waals surface area contributed by atoms with Crippen molar-refractivity contribution in [2.45, 2.75) is 93.3 Å². The Bertz CT molecular complexity index is 1990. The zero-order valence-corrected chi connectivity index (χ0v) is 33.7. The number of carbonyl (C=O) groups is 3. The van der Waals surface area contributed by atoms with Crippen molar-refractivity contribution in [1.29, 1.82) is 0 Å². The molecule has 3 aliphatic rings. The zero-order chi connectivity index (χ0) is 40.3. The highest BCUT2D eigenvalue weighted by Gasteiger charge is 2.60. The van der Waals surface area contributed by atoms with Crippen LogP contribution in [-0.2, 0) is 35.4 Å². The fraction of sp³-hybridized carbons (Fsp3) is 0.488. The summed E-state index contributed by atoms with van der Waals surface area (Å²) in [5.74, 6) is -1.76. The van der Waals surface area contributed by atoms with E-state index in [4.69, 9.17) is 25.8 Å². The molecular formula is C41H50ClFN4O8S. The van der Waals surface area contributed by atoms with Gasteiger partial charge in [0.2, 0.25) is 15.9 Å². The minimum Gasteiger partial charge on any atom is -0.453 e. The molecule has 1 aliphatic carbocycles. The summed E-state index contributed by atoms with van der Waals surface area (Å²) in [6.07, 6.45) is 1.15. The van der Waals surface area contributed by atoms with Crippen LogP contribution in [0.4, 0.5) is 19.7 Å². The summed E-state index contributed by atoms with van der Waals surface area (Å²) >= 11 is 6.22. The molecule has 0 bridgehead atoms. The molecule has 2 heterocycles. The SMILES string of the molecule is COC(=O)N[C@H](C(=O)Nc1cccc(F)c1CC[C@H]1CN(C(=O)OC(C)(C)C)CC2(CC2)N1S(=O)(=O)c1ccccc1)[C@@H](c1ccc(Cl)cc1)C1CCOCC1. The Labute approximate surface area is 333 Å². The first-order valence-electron chi connectivity index (χ1n) is 19.0. The topological polar surface area (TPSA) is 144 Å². The highest BCUT2D eigenvalue weighted by Crippen LogP contribution is 2.50. The number of methoxy groups -OCH3 is 1. The number of nitrogens with zero attached hydrogens (tertiary/aromatic N) is 2. The number of hydrogen-bond donors (Lipinski definition) is 2. The third kappa shape index (κ3) is 9.47. The van der Waals surface area contributed by atoms with E-state index in [1.165, 1.54) is 23.5 Å². The summed E-state index contributed by atoms with van der Waals surface area (Å²) in [5.41, 5.74) is -0.504. The zero-order valence-electron chi connectivity index (χ0n) is 32.1. The lowest BCUT2D eigenvalue weighted by Crippen LogP contribution is -2.63. The number of piperazine rings is 1.